The molecule has 63 heavy (non-hydrogen) atoms. The van der Waals surface area contributed by atoms with E-state index < -0.39 is 5.41 Å². The molecule has 10 aromatic carbocycles. The standard InChI is InChI=1S/C61H39NO/c1-3-17-40(18-4-1)42-21-15-23-44(37-42)59-56(35-36-58-60(59)51-28-10-14-32-57(51)63-58)62(45-24-16-22-43(38-45)41-19-5-2-6-20-41)46-33-34-50-49-27-9-13-31-54(49)61(55(50)39-46)52-29-11-7-25-47(52)48-26-8-12-30-53(48)61/h1-39H. The molecular weight excluding hydrogens is 763 g/mol. The lowest BCUT2D eigenvalue weighted by Crippen LogP contribution is -2.26. The van der Waals surface area contributed by atoms with Crippen molar-refractivity contribution in [1.29, 1.82) is 0 Å². The van der Waals surface area contributed by atoms with Crippen LogP contribution in [0.25, 0.3) is 77.6 Å². The molecule has 1 aromatic heterocycles. The van der Waals surface area contributed by atoms with Gasteiger partial charge in [-0.05, 0) is 121 Å². The van der Waals surface area contributed by atoms with Crippen molar-refractivity contribution in [2.24, 2.45) is 0 Å². The molecule has 2 aliphatic rings. The van der Waals surface area contributed by atoms with Crippen molar-refractivity contribution in [3.8, 4) is 55.6 Å². The van der Waals surface area contributed by atoms with Gasteiger partial charge in [-0.25, -0.2) is 0 Å². The minimum Gasteiger partial charge on any atom is -0.456 e. The Morgan fingerprint density at radius 1 is 0.317 bits per heavy atom. The number of para-hydroxylation sites is 1. The van der Waals surface area contributed by atoms with Gasteiger partial charge in [0.15, 0.2) is 0 Å². The Hall–Kier alpha value is -8.20. The quantitative estimate of drug-likeness (QED) is 0.167. The lowest BCUT2D eigenvalue weighted by Gasteiger charge is -2.33. The predicted octanol–water partition coefficient (Wildman–Crippen LogP) is 16.4. The summed E-state index contributed by atoms with van der Waals surface area (Å²) < 4.78 is 6.66. The minimum absolute atomic E-state index is 0.482. The van der Waals surface area contributed by atoms with Crippen LogP contribution < -0.4 is 4.90 Å². The Morgan fingerprint density at radius 2 is 0.825 bits per heavy atom. The van der Waals surface area contributed by atoms with E-state index in [-0.39, 0.29) is 0 Å². The highest BCUT2D eigenvalue weighted by Gasteiger charge is 2.51. The maximum absolute atomic E-state index is 6.66. The van der Waals surface area contributed by atoms with Crippen LogP contribution in [0, 0.1) is 0 Å². The molecule has 0 unspecified atom stereocenters. The molecule has 0 saturated heterocycles. The molecule has 0 radical (unpaired) electrons. The van der Waals surface area contributed by atoms with Gasteiger partial charge in [0, 0.05) is 27.7 Å². The third-order valence-corrected chi connectivity index (χ3v) is 13.5. The summed E-state index contributed by atoms with van der Waals surface area (Å²) in [6, 6.07) is 86.6. The zero-order valence-corrected chi connectivity index (χ0v) is 34.4. The van der Waals surface area contributed by atoms with Crippen molar-refractivity contribution >= 4 is 39.0 Å². The Morgan fingerprint density at radius 3 is 1.49 bits per heavy atom. The van der Waals surface area contributed by atoms with Gasteiger partial charge in [0.1, 0.15) is 11.2 Å². The summed E-state index contributed by atoms with van der Waals surface area (Å²) in [5.41, 5.74) is 21.8. The van der Waals surface area contributed by atoms with Crippen LogP contribution in [0.3, 0.4) is 0 Å². The highest BCUT2D eigenvalue weighted by molar-refractivity contribution is 6.16. The molecule has 0 bridgehead atoms. The zero-order valence-electron chi connectivity index (χ0n) is 34.4. The van der Waals surface area contributed by atoms with Gasteiger partial charge in [-0.1, -0.05) is 188 Å². The van der Waals surface area contributed by atoms with Crippen molar-refractivity contribution in [3.05, 3.63) is 259 Å². The number of rotatable bonds is 6. The molecule has 11 aromatic rings. The van der Waals surface area contributed by atoms with Gasteiger partial charge in [0.2, 0.25) is 0 Å². The molecule has 294 valence electrons. The van der Waals surface area contributed by atoms with Gasteiger partial charge in [0.05, 0.1) is 11.1 Å². The normalized spacial score (nSPS) is 12.9. The smallest absolute Gasteiger partial charge is 0.136 e. The summed E-state index contributed by atoms with van der Waals surface area (Å²) in [7, 11) is 0. The fraction of sp³-hybridized carbons (Fsp3) is 0.0164. The van der Waals surface area contributed by atoms with Crippen molar-refractivity contribution in [1.82, 2.24) is 0 Å². The fourth-order valence-electron chi connectivity index (χ4n) is 10.9. The molecule has 2 heteroatoms. The number of benzene rings is 10. The van der Waals surface area contributed by atoms with E-state index in [9.17, 15) is 0 Å². The minimum atomic E-state index is -0.482. The number of furan rings is 1. The van der Waals surface area contributed by atoms with Gasteiger partial charge in [-0.3, -0.25) is 0 Å². The SMILES string of the molecule is c1ccc(-c2cccc(-c3c(N(c4cccc(-c5ccccc5)c4)c4ccc5c(c4)C4(c6ccccc6-c6ccccc64)c4ccccc4-5)ccc4oc5ccccc5c34)c2)cc1. The fourth-order valence-corrected chi connectivity index (χ4v) is 10.9. The first kappa shape index (κ1) is 35.5. The van der Waals surface area contributed by atoms with Crippen LogP contribution in [0.2, 0.25) is 0 Å². The molecule has 13 rings (SSSR count). The summed E-state index contributed by atoms with van der Waals surface area (Å²) in [4.78, 5) is 2.49. The van der Waals surface area contributed by atoms with Gasteiger partial charge in [-0.15, -0.1) is 0 Å². The third kappa shape index (κ3) is 5.25. The second-order valence-electron chi connectivity index (χ2n) is 16.7. The molecule has 0 aliphatic heterocycles. The second kappa shape index (κ2) is 13.9. The van der Waals surface area contributed by atoms with Crippen LogP contribution in [0.4, 0.5) is 17.1 Å². The van der Waals surface area contributed by atoms with Gasteiger partial charge >= 0.3 is 0 Å². The lowest BCUT2D eigenvalue weighted by atomic mass is 9.70. The highest BCUT2D eigenvalue weighted by Crippen LogP contribution is 2.63. The average Bonchev–Trinajstić information content (AvgIpc) is 3.99. The first-order valence-corrected chi connectivity index (χ1v) is 21.8. The lowest BCUT2D eigenvalue weighted by molar-refractivity contribution is 0.669. The van der Waals surface area contributed by atoms with Crippen molar-refractivity contribution in [3.63, 3.8) is 0 Å². The second-order valence-corrected chi connectivity index (χ2v) is 16.7. The van der Waals surface area contributed by atoms with E-state index in [4.69, 9.17) is 4.42 Å². The molecule has 0 fully saturated rings. The van der Waals surface area contributed by atoms with Crippen molar-refractivity contribution in [2.75, 3.05) is 4.90 Å². The first-order chi connectivity index (χ1) is 31.3. The summed E-state index contributed by atoms with van der Waals surface area (Å²) in [6.45, 7) is 0. The van der Waals surface area contributed by atoms with Crippen LogP contribution >= 0.6 is 0 Å². The summed E-state index contributed by atoms with van der Waals surface area (Å²) in [5.74, 6) is 0. The van der Waals surface area contributed by atoms with E-state index in [1.54, 1.807) is 0 Å². The number of hydrogen-bond acceptors (Lipinski definition) is 2. The van der Waals surface area contributed by atoms with E-state index in [1.165, 1.54) is 55.6 Å². The van der Waals surface area contributed by atoms with E-state index in [1.807, 2.05) is 0 Å². The average molecular weight is 802 g/mol. The highest BCUT2D eigenvalue weighted by atomic mass is 16.3. The zero-order chi connectivity index (χ0) is 41.5. The van der Waals surface area contributed by atoms with Crippen LogP contribution in [-0.4, -0.2) is 0 Å². The summed E-state index contributed by atoms with van der Waals surface area (Å²) in [6.07, 6.45) is 0. The van der Waals surface area contributed by atoms with Crippen molar-refractivity contribution in [2.45, 2.75) is 5.41 Å². The molecule has 0 amide bonds. The molecule has 1 heterocycles. The van der Waals surface area contributed by atoms with Crippen LogP contribution in [0.1, 0.15) is 22.3 Å². The molecule has 0 atom stereocenters. The Balaban J connectivity index is 1.13. The maximum Gasteiger partial charge on any atom is 0.136 e. The van der Waals surface area contributed by atoms with Gasteiger partial charge in [0.25, 0.3) is 0 Å². The Kier molecular flexibility index (Phi) is 7.85. The van der Waals surface area contributed by atoms with E-state index in [2.05, 4.69) is 241 Å². The van der Waals surface area contributed by atoms with E-state index in [0.29, 0.717) is 0 Å². The van der Waals surface area contributed by atoms with Gasteiger partial charge in [-0.2, -0.15) is 0 Å². The van der Waals surface area contributed by atoms with Crippen LogP contribution in [0.5, 0.6) is 0 Å². The Labute approximate surface area is 366 Å². The van der Waals surface area contributed by atoms with E-state index >= 15 is 0 Å². The molecule has 2 nitrogen and oxygen atoms in total. The topological polar surface area (TPSA) is 16.4 Å². The largest absolute Gasteiger partial charge is 0.456 e. The summed E-state index contributed by atoms with van der Waals surface area (Å²) in [5, 5.41) is 2.19. The first-order valence-electron chi connectivity index (χ1n) is 21.8. The van der Waals surface area contributed by atoms with Crippen LogP contribution in [0.15, 0.2) is 241 Å². The number of anilines is 3. The number of fused-ring (bicyclic) bond motifs is 13. The van der Waals surface area contributed by atoms with Crippen molar-refractivity contribution < 1.29 is 4.42 Å². The number of nitrogens with zero attached hydrogens (tertiary/aromatic N) is 1. The van der Waals surface area contributed by atoms with Gasteiger partial charge < -0.3 is 9.32 Å². The molecule has 0 saturated carbocycles. The van der Waals surface area contributed by atoms with E-state index in [0.717, 1.165) is 61.3 Å². The third-order valence-electron chi connectivity index (χ3n) is 13.5. The molecule has 1 spiro atoms. The summed E-state index contributed by atoms with van der Waals surface area (Å²) >= 11 is 0. The molecule has 0 N–H and O–H groups in total. The maximum atomic E-state index is 6.66. The monoisotopic (exact) mass is 801 g/mol. The molecule has 2 aliphatic carbocycles. The number of hydrogen-bond donors (Lipinski definition) is 0. The predicted molar refractivity (Wildman–Crippen MR) is 261 cm³/mol. The Bertz CT molecular complexity index is 3520. The molecular formula is C61H39NO. The van der Waals surface area contributed by atoms with Crippen LogP contribution in [-0.2, 0) is 5.41 Å².